The van der Waals surface area contributed by atoms with Gasteiger partial charge in [0.25, 0.3) is 11.8 Å². The van der Waals surface area contributed by atoms with E-state index in [4.69, 9.17) is 0 Å². The third-order valence-corrected chi connectivity index (χ3v) is 7.64. The Morgan fingerprint density at radius 1 is 1.03 bits per heavy atom. The predicted octanol–water partition coefficient (Wildman–Crippen LogP) is 4.94. The number of quaternary nitrogens is 1. The molecule has 1 heterocycles. The minimum Gasteiger partial charge on any atom is -0.352 e. The molecule has 0 bridgehead atoms. The number of anilines is 1. The molecule has 2 amide bonds. The summed E-state index contributed by atoms with van der Waals surface area (Å²) in [6, 6.07) is 21.4. The van der Waals surface area contributed by atoms with E-state index in [2.05, 4.69) is 19.3 Å². The largest absolute Gasteiger partial charge is 0.352 e. The minimum absolute atomic E-state index is 0.147. The summed E-state index contributed by atoms with van der Waals surface area (Å²) in [5.41, 5.74) is 2.95. The summed E-state index contributed by atoms with van der Waals surface area (Å²) in [6.45, 7) is 5.23. The van der Waals surface area contributed by atoms with Crippen molar-refractivity contribution in [2.45, 2.75) is 37.6 Å². The van der Waals surface area contributed by atoms with Crippen LogP contribution in [-0.4, -0.2) is 38.5 Å². The molecular weight excluding hydrogens is 497 g/mol. The summed E-state index contributed by atoms with van der Waals surface area (Å²) in [5, 5.41) is 3.03. The zero-order valence-corrected chi connectivity index (χ0v) is 22.8. The number of unbranched alkanes of at least 4 members (excludes halogenated alkanes) is 1. The molecule has 0 saturated carbocycles. The van der Waals surface area contributed by atoms with Crippen LogP contribution in [0.1, 0.15) is 47.7 Å². The van der Waals surface area contributed by atoms with Crippen LogP contribution in [0.2, 0.25) is 0 Å². The molecule has 2 N–H and O–H groups in total. The molecule has 1 aliphatic rings. The minimum atomic E-state index is -0.323. The van der Waals surface area contributed by atoms with E-state index in [-0.39, 0.29) is 24.2 Å². The standard InChI is InChI=1S/C31H34FN3O2S/c1-3-4-18-34(2)19-8-17-33-30(36)25-13-16-28-27(21-25)35(22-24-11-14-26(32)15-12-24)31(37)29(38-28)20-23-9-6-5-7-10-23/h5-7,9-16,20-21H,3-4,8,17-19,22H2,1-2H3,(H,33,36)/p+1. The molecule has 1 unspecified atom stereocenters. The average molecular weight is 533 g/mol. The maximum Gasteiger partial charge on any atom is 0.265 e. The maximum absolute atomic E-state index is 13.7. The molecule has 0 saturated heterocycles. The average Bonchev–Trinajstić information content (AvgIpc) is 2.93. The van der Waals surface area contributed by atoms with Gasteiger partial charge in [-0.1, -0.05) is 67.6 Å². The monoisotopic (exact) mass is 532 g/mol. The van der Waals surface area contributed by atoms with Gasteiger partial charge in [-0.25, -0.2) is 4.39 Å². The molecule has 3 aromatic carbocycles. The fourth-order valence-electron chi connectivity index (χ4n) is 4.38. The molecule has 4 rings (SSSR count). The molecule has 0 radical (unpaired) electrons. The van der Waals surface area contributed by atoms with Crippen molar-refractivity contribution >= 4 is 35.3 Å². The van der Waals surface area contributed by atoms with Gasteiger partial charge in [0.15, 0.2) is 0 Å². The van der Waals surface area contributed by atoms with Gasteiger partial charge >= 0.3 is 0 Å². The van der Waals surface area contributed by atoms with Crippen molar-refractivity contribution < 1.29 is 18.9 Å². The summed E-state index contributed by atoms with van der Waals surface area (Å²) in [7, 11) is 2.19. The molecule has 0 fully saturated rings. The van der Waals surface area contributed by atoms with Crippen LogP contribution in [0.5, 0.6) is 0 Å². The van der Waals surface area contributed by atoms with Crippen molar-refractivity contribution in [2.75, 3.05) is 31.6 Å². The molecule has 198 valence electrons. The lowest BCUT2D eigenvalue weighted by molar-refractivity contribution is -0.879. The zero-order valence-electron chi connectivity index (χ0n) is 22.0. The summed E-state index contributed by atoms with van der Waals surface area (Å²) in [5.74, 6) is -0.619. The second-order valence-electron chi connectivity index (χ2n) is 9.64. The van der Waals surface area contributed by atoms with Gasteiger partial charge in [0.05, 0.1) is 37.3 Å². The first-order valence-corrected chi connectivity index (χ1v) is 14.0. The van der Waals surface area contributed by atoms with Gasteiger partial charge in [-0.05, 0) is 54.0 Å². The van der Waals surface area contributed by atoms with Crippen molar-refractivity contribution in [2.24, 2.45) is 0 Å². The van der Waals surface area contributed by atoms with Crippen LogP contribution in [0.25, 0.3) is 6.08 Å². The first kappa shape index (κ1) is 27.6. The Balaban J connectivity index is 1.54. The lowest BCUT2D eigenvalue weighted by atomic mass is 10.1. The highest BCUT2D eigenvalue weighted by atomic mass is 32.2. The van der Waals surface area contributed by atoms with Gasteiger partial charge in [0.2, 0.25) is 0 Å². The van der Waals surface area contributed by atoms with Crippen LogP contribution in [0.4, 0.5) is 10.1 Å². The summed E-state index contributed by atoms with van der Waals surface area (Å²) in [4.78, 5) is 31.3. The lowest BCUT2D eigenvalue weighted by Gasteiger charge is -2.31. The molecule has 7 heteroatoms. The van der Waals surface area contributed by atoms with Gasteiger partial charge < -0.3 is 15.1 Å². The number of nitrogens with one attached hydrogen (secondary N) is 2. The predicted molar refractivity (Wildman–Crippen MR) is 153 cm³/mol. The lowest BCUT2D eigenvalue weighted by Crippen LogP contribution is -3.09. The number of halogens is 1. The van der Waals surface area contributed by atoms with Crippen molar-refractivity contribution in [1.29, 1.82) is 0 Å². The van der Waals surface area contributed by atoms with Crippen molar-refractivity contribution in [1.82, 2.24) is 5.32 Å². The van der Waals surface area contributed by atoms with Crippen LogP contribution < -0.4 is 15.1 Å². The Hall–Kier alpha value is -3.42. The number of thioether (sulfide) groups is 1. The highest BCUT2D eigenvalue weighted by molar-refractivity contribution is 8.04. The van der Waals surface area contributed by atoms with E-state index in [0.29, 0.717) is 22.7 Å². The third-order valence-electron chi connectivity index (χ3n) is 6.56. The normalized spacial score (nSPS) is 14.9. The zero-order chi connectivity index (χ0) is 26.9. The van der Waals surface area contributed by atoms with Crippen molar-refractivity contribution in [3.63, 3.8) is 0 Å². The highest BCUT2D eigenvalue weighted by Crippen LogP contribution is 2.43. The number of nitrogens with zero attached hydrogens (tertiary/aromatic N) is 1. The molecule has 1 atom stereocenters. The van der Waals surface area contributed by atoms with Crippen molar-refractivity contribution in [3.05, 3.63) is 100 Å². The number of rotatable bonds is 11. The molecular formula is C31H35FN3O2S+. The van der Waals surface area contributed by atoms with Gasteiger partial charge in [-0.15, -0.1) is 0 Å². The van der Waals surface area contributed by atoms with Gasteiger partial charge in [-0.2, -0.15) is 0 Å². The van der Waals surface area contributed by atoms with Crippen LogP contribution >= 0.6 is 11.8 Å². The maximum atomic E-state index is 13.7. The fourth-order valence-corrected chi connectivity index (χ4v) is 5.42. The summed E-state index contributed by atoms with van der Waals surface area (Å²) >= 11 is 1.40. The Kier molecular flexibility index (Phi) is 9.73. The van der Waals surface area contributed by atoms with Crippen LogP contribution in [0.15, 0.2) is 82.6 Å². The Bertz CT molecular complexity index is 1280. The first-order valence-electron chi connectivity index (χ1n) is 13.2. The SMILES string of the molecule is CCCC[NH+](C)CCCNC(=O)c1ccc2c(c1)N(Cc1ccc(F)cc1)C(=O)C(=Cc1ccccc1)S2. The quantitative estimate of drug-likeness (QED) is 0.272. The van der Waals surface area contributed by atoms with E-state index in [0.717, 1.165) is 35.5 Å². The van der Waals surface area contributed by atoms with E-state index >= 15 is 0 Å². The van der Waals surface area contributed by atoms with Gasteiger partial charge in [-0.3, -0.25) is 9.59 Å². The van der Waals surface area contributed by atoms with E-state index in [1.54, 1.807) is 23.1 Å². The second-order valence-corrected chi connectivity index (χ2v) is 10.7. The second kappa shape index (κ2) is 13.4. The molecule has 38 heavy (non-hydrogen) atoms. The molecule has 1 aliphatic heterocycles. The summed E-state index contributed by atoms with van der Waals surface area (Å²) in [6.07, 6.45) is 5.19. The number of carbonyl (C=O) groups excluding carboxylic acids is 2. The van der Waals surface area contributed by atoms with Gasteiger partial charge in [0, 0.05) is 23.4 Å². The van der Waals surface area contributed by atoms with Crippen LogP contribution in [0.3, 0.4) is 0 Å². The fraction of sp³-hybridized carbons (Fsp3) is 0.290. The first-order chi connectivity index (χ1) is 18.4. The topological polar surface area (TPSA) is 53.9 Å². The number of benzene rings is 3. The Morgan fingerprint density at radius 2 is 1.76 bits per heavy atom. The molecule has 0 aromatic heterocycles. The summed E-state index contributed by atoms with van der Waals surface area (Å²) < 4.78 is 13.5. The van der Waals surface area contributed by atoms with E-state index in [1.165, 1.54) is 41.6 Å². The number of carbonyl (C=O) groups is 2. The van der Waals surface area contributed by atoms with E-state index < -0.39 is 0 Å². The van der Waals surface area contributed by atoms with Crippen molar-refractivity contribution in [3.8, 4) is 0 Å². The number of hydrogen-bond donors (Lipinski definition) is 2. The molecule has 0 aliphatic carbocycles. The smallest absolute Gasteiger partial charge is 0.265 e. The number of hydrogen-bond acceptors (Lipinski definition) is 3. The molecule has 5 nitrogen and oxygen atoms in total. The molecule has 3 aromatic rings. The number of amides is 2. The Labute approximate surface area is 228 Å². The molecule has 0 spiro atoms. The Morgan fingerprint density at radius 3 is 2.50 bits per heavy atom. The highest BCUT2D eigenvalue weighted by Gasteiger charge is 2.30. The third kappa shape index (κ3) is 7.33. The van der Waals surface area contributed by atoms with E-state index in [9.17, 15) is 14.0 Å². The van der Waals surface area contributed by atoms with Crippen LogP contribution in [0, 0.1) is 5.82 Å². The van der Waals surface area contributed by atoms with Crippen LogP contribution in [-0.2, 0) is 11.3 Å². The van der Waals surface area contributed by atoms with E-state index in [1.807, 2.05) is 48.5 Å². The number of fused-ring (bicyclic) bond motifs is 1. The van der Waals surface area contributed by atoms with Gasteiger partial charge in [0.1, 0.15) is 5.82 Å².